The Labute approximate surface area is 136 Å². The Hall–Kier alpha value is -4.02. The minimum absolute atomic E-state index is 0.0147. The van der Waals surface area contributed by atoms with E-state index >= 15 is 0 Å². The summed E-state index contributed by atoms with van der Waals surface area (Å²) in [6, 6.07) is 4.82. The topological polar surface area (TPSA) is 155 Å². The molecule has 1 aliphatic rings. The predicted molar refractivity (Wildman–Crippen MR) is 74.4 cm³/mol. The third-order valence-corrected chi connectivity index (χ3v) is 2.94. The summed E-state index contributed by atoms with van der Waals surface area (Å²) in [4.78, 5) is 44.5. The molecule has 11 nitrogen and oxygen atoms in total. The van der Waals surface area contributed by atoms with E-state index in [4.69, 9.17) is 19.7 Å². The van der Waals surface area contributed by atoms with Crippen molar-refractivity contribution in [3.05, 3.63) is 24.3 Å². The van der Waals surface area contributed by atoms with Gasteiger partial charge in [-0.15, -0.1) is 0 Å². The second-order valence-corrected chi connectivity index (χ2v) is 4.42. The number of fused-ring (bicyclic) bond motifs is 3. The summed E-state index contributed by atoms with van der Waals surface area (Å²) >= 11 is 0. The summed E-state index contributed by atoms with van der Waals surface area (Å²) in [5.74, 6) is -1.38. The largest absolute Gasteiger partial charge is 0.524 e. The summed E-state index contributed by atoms with van der Waals surface area (Å²) in [6.07, 6.45) is -6.18. The van der Waals surface area contributed by atoms with Gasteiger partial charge in [0, 0.05) is 11.5 Å². The van der Waals surface area contributed by atoms with Crippen LogP contribution in [-0.2, 0) is 4.74 Å². The minimum atomic E-state index is -1.72. The molecule has 0 fully saturated rings. The molecule has 1 heterocycles. The van der Waals surface area contributed by atoms with Crippen molar-refractivity contribution in [3.63, 3.8) is 0 Å². The molecule has 3 rings (SSSR count). The number of carbonyl (C=O) groups excluding carboxylic acids is 2. The van der Waals surface area contributed by atoms with Crippen LogP contribution in [0.2, 0.25) is 0 Å². The number of ether oxygens (including phenoxy) is 5. The van der Waals surface area contributed by atoms with E-state index in [0.717, 1.165) is 6.07 Å². The molecule has 0 aromatic heterocycles. The molecule has 2 aromatic carbocycles. The molecule has 1 aliphatic heterocycles. The fourth-order valence-electron chi connectivity index (χ4n) is 2.18. The SMILES string of the molecule is O=C(O)Oc1cccc2c3c(cc(OC(=O)O)c12)OC(=O)OC(=O)O3. The first kappa shape index (κ1) is 15.9. The number of benzene rings is 2. The van der Waals surface area contributed by atoms with Crippen molar-refractivity contribution in [2.45, 2.75) is 0 Å². The monoisotopic (exact) mass is 350 g/mol. The second kappa shape index (κ2) is 5.88. The van der Waals surface area contributed by atoms with Crippen LogP contribution in [0.25, 0.3) is 10.8 Å². The van der Waals surface area contributed by atoms with Crippen molar-refractivity contribution in [2.24, 2.45) is 0 Å². The fourth-order valence-corrected chi connectivity index (χ4v) is 2.18. The lowest BCUT2D eigenvalue weighted by Crippen LogP contribution is -2.14. The Kier molecular flexibility index (Phi) is 3.73. The van der Waals surface area contributed by atoms with Crippen molar-refractivity contribution in [3.8, 4) is 23.0 Å². The number of rotatable bonds is 2. The molecule has 0 saturated heterocycles. The van der Waals surface area contributed by atoms with Crippen LogP contribution in [0.1, 0.15) is 0 Å². The first-order valence-corrected chi connectivity index (χ1v) is 6.38. The zero-order valence-electron chi connectivity index (χ0n) is 11.9. The van der Waals surface area contributed by atoms with Crippen LogP contribution in [0.5, 0.6) is 23.0 Å². The summed E-state index contributed by atoms with van der Waals surface area (Å²) in [5.41, 5.74) is 0. The van der Waals surface area contributed by atoms with Crippen LogP contribution in [0, 0.1) is 0 Å². The average Bonchev–Trinajstić information content (AvgIpc) is 2.63. The van der Waals surface area contributed by atoms with E-state index in [-0.39, 0.29) is 28.0 Å². The molecular weight excluding hydrogens is 344 g/mol. The quantitative estimate of drug-likeness (QED) is 0.466. The van der Waals surface area contributed by atoms with Gasteiger partial charge in [0.05, 0.1) is 5.39 Å². The van der Waals surface area contributed by atoms with E-state index in [1.54, 1.807) is 0 Å². The number of carboxylic acid groups (broad SMARTS) is 2. The third-order valence-electron chi connectivity index (χ3n) is 2.94. The molecule has 0 radical (unpaired) electrons. The van der Waals surface area contributed by atoms with Gasteiger partial charge < -0.3 is 33.9 Å². The van der Waals surface area contributed by atoms with Crippen LogP contribution in [0.3, 0.4) is 0 Å². The van der Waals surface area contributed by atoms with E-state index in [1.165, 1.54) is 18.2 Å². The van der Waals surface area contributed by atoms with Crippen LogP contribution >= 0.6 is 0 Å². The Morgan fingerprint density at radius 3 is 2.20 bits per heavy atom. The van der Waals surface area contributed by atoms with Crippen molar-refractivity contribution >= 4 is 35.4 Å². The maximum Gasteiger partial charge on any atom is 0.524 e. The Balaban J connectivity index is 2.33. The molecule has 128 valence electrons. The molecule has 2 N–H and O–H groups in total. The molecule has 25 heavy (non-hydrogen) atoms. The minimum Gasteiger partial charge on any atom is -0.449 e. The maximum absolute atomic E-state index is 11.4. The highest BCUT2D eigenvalue weighted by atomic mass is 16.8. The van der Waals surface area contributed by atoms with Gasteiger partial charge in [-0.05, 0) is 6.07 Å². The van der Waals surface area contributed by atoms with Crippen LogP contribution in [-0.4, -0.2) is 34.8 Å². The number of hydrogen-bond donors (Lipinski definition) is 2. The van der Waals surface area contributed by atoms with E-state index < -0.39 is 30.4 Å². The highest BCUT2D eigenvalue weighted by molar-refractivity contribution is 6.03. The van der Waals surface area contributed by atoms with E-state index in [9.17, 15) is 19.2 Å². The second-order valence-electron chi connectivity index (χ2n) is 4.42. The molecule has 0 saturated carbocycles. The molecule has 11 heteroatoms. The molecule has 0 unspecified atom stereocenters. The van der Waals surface area contributed by atoms with Gasteiger partial charge in [-0.3, -0.25) is 0 Å². The molecule has 0 atom stereocenters. The van der Waals surface area contributed by atoms with Crippen LogP contribution in [0.15, 0.2) is 24.3 Å². The van der Waals surface area contributed by atoms with Crippen molar-refractivity contribution in [2.75, 3.05) is 0 Å². The van der Waals surface area contributed by atoms with Crippen molar-refractivity contribution < 1.29 is 53.1 Å². The van der Waals surface area contributed by atoms with Crippen LogP contribution < -0.4 is 18.9 Å². The fraction of sp³-hybridized carbons (Fsp3) is 0. The van der Waals surface area contributed by atoms with Gasteiger partial charge in [0.2, 0.25) is 0 Å². The van der Waals surface area contributed by atoms with Crippen LogP contribution in [0.4, 0.5) is 19.2 Å². The highest BCUT2D eigenvalue weighted by Gasteiger charge is 2.29. The lowest BCUT2D eigenvalue weighted by Gasteiger charge is -2.13. The van der Waals surface area contributed by atoms with Gasteiger partial charge in [0.15, 0.2) is 11.5 Å². The Morgan fingerprint density at radius 1 is 0.880 bits per heavy atom. The normalized spacial score (nSPS) is 13.0. The smallest absolute Gasteiger partial charge is 0.449 e. The maximum atomic E-state index is 11.4. The molecule has 0 aliphatic carbocycles. The van der Waals surface area contributed by atoms with Gasteiger partial charge in [0.1, 0.15) is 11.5 Å². The average molecular weight is 350 g/mol. The van der Waals surface area contributed by atoms with E-state index in [1.807, 2.05) is 0 Å². The van der Waals surface area contributed by atoms with Gasteiger partial charge in [-0.1, -0.05) is 12.1 Å². The Morgan fingerprint density at radius 2 is 1.52 bits per heavy atom. The summed E-state index contributed by atoms with van der Waals surface area (Å²) in [6.45, 7) is 0. The summed E-state index contributed by atoms with van der Waals surface area (Å²) < 4.78 is 22.9. The zero-order valence-corrected chi connectivity index (χ0v) is 11.9. The number of carbonyl (C=O) groups is 4. The molecule has 2 aromatic rings. The standard InChI is InChI=1S/C14H6O11/c15-11(16)21-6-3-1-2-5-9(6)7(22-12(17)18)4-8-10(5)24-14(20)25-13(19)23-8/h1-4H,(H,15,16)(H,17,18). The predicted octanol–water partition coefficient (Wildman–Crippen LogP) is 2.98. The van der Waals surface area contributed by atoms with Crippen molar-refractivity contribution in [1.29, 1.82) is 0 Å². The lowest BCUT2D eigenvalue weighted by atomic mass is 10.1. The van der Waals surface area contributed by atoms with Gasteiger partial charge in [0.25, 0.3) is 0 Å². The third kappa shape index (κ3) is 3.06. The van der Waals surface area contributed by atoms with Crippen molar-refractivity contribution in [1.82, 2.24) is 0 Å². The van der Waals surface area contributed by atoms with Gasteiger partial charge in [-0.2, -0.15) is 0 Å². The first-order chi connectivity index (χ1) is 11.8. The zero-order chi connectivity index (χ0) is 18.1. The molecular formula is C14H6O11. The van der Waals surface area contributed by atoms with E-state index in [2.05, 4.69) is 14.2 Å². The number of cyclic esters (lactones) is 2. The lowest BCUT2D eigenvalue weighted by molar-refractivity contribution is 0.0998. The summed E-state index contributed by atoms with van der Waals surface area (Å²) in [7, 11) is 0. The molecule has 0 spiro atoms. The van der Waals surface area contributed by atoms with Gasteiger partial charge in [-0.25, -0.2) is 19.2 Å². The van der Waals surface area contributed by atoms with E-state index in [0.29, 0.717) is 0 Å². The highest BCUT2D eigenvalue weighted by Crippen LogP contribution is 2.46. The first-order valence-electron chi connectivity index (χ1n) is 6.38. The number of hydrogen-bond acceptors (Lipinski definition) is 9. The summed E-state index contributed by atoms with van der Waals surface area (Å²) in [5, 5.41) is 17.5. The molecule has 0 bridgehead atoms. The molecule has 0 amide bonds. The van der Waals surface area contributed by atoms with Gasteiger partial charge >= 0.3 is 24.6 Å². The Bertz CT molecular complexity index is 930.